The monoisotopic (exact) mass is 391 g/mol. The van der Waals surface area contributed by atoms with Crippen molar-refractivity contribution in [1.29, 1.82) is 0 Å². The summed E-state index contributed by atoms with van der Waals surface area (Å²) in [5, 5.41) is 10.9. The predicted molar refractivity (Wildman–Crippen MR) is 101 cm³/mol. The minimum Gasteiger partial charge on any atom is -0.385 e. The number of hydrogen-bond donors (Lipinski definition) is 1. The zero-order valence-corrected chi connectivity index (χ0v) is 15.6. The second kappa shape index (κ2) is 8.45. The molecular weight excluding hydrogens is 367 g/mol. The third kappa shape index (κ3) is 4.80. The average molecular weight is 391 g/mol. The van der Waals surface area contributed by atoms with E-state index in [2.05, 4.69) is 4.90 Å². The summed E-state index contributed by atoms with van der Waals surface area (Å²) in [6.45, 7) is 1.69. The minimum absolute atomic E-state index is 0.0404. The number of hydrogen-bond acceptors (Lipinski definition) is 3. The molecule has 2 aromatic carbocycles. The van der Waals surface area contributed by atoms with Gasteiger partial charge in [0.2, 0.25) is 0 Å². The highest BCUT2D eigenvalue weighted by Crippen LogP contribution is 2.41. The largest absolute Gasteiger partial charge is 0.416 e. The summed E-state index contributed by atoms with van der Waals surface area (Å²) in [6, 6.07) is 14.4. The molecule has 28 heavy (non-hydrogen) atoms. The van der Waals surface area contributed by atoms with Gasteiger partial charge in [0.05, 0.1) is 11.2 Å². The number of rotatable bonds is 6. The predicted octanol–water partition coefficient (Wildman–Crippen LogP) is 4.65. The van der Waals surface area contributed by atoms with Crippen molar-refractivity contribution in [1.82, 2.24) is 4.90 Å². The molecule has 0 aromatic heterocycles. The quantitative estimate of drug-likeness (QED) is 0.729. The fourth-order valence-corrected chi connectivity index (χ4v) is 3.78. The Balaban J connectivity index is 1.54. The molecule has 0 bridgehead atoms. The lowest BCUT2D eigenvalue weighted by Gasteiger charge is -2.39. The zero-order chi connectivity index (χ0) is 20.2. The van der Waals surface area contributed by atoms with E-state index < -0.39 is 17.3 Å². The highest BCUT2D eigenvalue weighted by atomic mass is 19.4. The van der Waals surface area contributed by atoms with E-state index in [-0.39, 0.29) is 24.2 Å². The van der Waals surface area contributed by atoms with Gasteiger partial charge in [-0.1, -0.05) is 48.5 Å². The van der Waals surface area contributed by atoms with Crippen LogP contribution >= 0.6 is 0 Å². The number of aliphatic hydroxyl groups is 1. The van der Waals surface area contributed by atoms with Gasteiger partial charge < -0.3 is 10.0 Å². The molecule has 0 aliphatic carbocycles. The van der Waals surface area contributed by atoms with Crippen molar-refractivity contribution in [2.45, 2.75) is 37.5 Å². The first-order valence-electron chi connectivity index (χ1n) is 9.49. The van der Waals surface area contributed by atoms with Gasteiger partial charge in [-0.25, -0.2) is 0 Å². The molecule has 6 heteroatoms. The van der Waals surface area contributed by atoms with Crippen LogP contribution in [0.2, 0.25) is 0 Å². The first-order valence-corrected chi connectivity index (χ1v) is 9.49. The van der Waals surface area contributed by atoms with Gasteiger partial charge in [0.25, 0.3) is 0 Å². The van der Waals surface area contributed by atoms with Crippen molar-refractivity contribution in [3.8, 4) is 0 Å². The van der Waals surface area contributed by atoms with Crippen LogP contribution in [-0.2, 0) is 11.8 Å². The molecule has 0 saturated carbocycles. The van der Waals surface area contributed by atoms with Crippen LogP contribution in [0.3, 0.4) is 0 Å². The molecule has 1 saturated heterocycles. The fraction of sp³-hybridized carbons (Fsp3) is 0.409. The van der Waals surface area contributed by atoms with Crippen molar-refractivity contribution in [3.05, 3.63) is 71.3 Å². The van der Waals surface area contributed by atoms with Crippen molar-refractivity contribution >= 4 is 5.78 Å². The van der Waals surface area contributed by atoms with Crippen molar-refractivity contribution in [2.24, 2.45) is 0 Å². The summed E-state index contributed by atoms with van der Waals surface area (Å²) in [4.78, 5) is 14.2. The molecule has 1 fully saturated rings. The Morgan fingerprint density at radius 1 is 1.00 bits per heavy atom. The summed E-state index contributed by atoms with van der Waals surface area (Å²) in [7, 11) is 0. The van der Waals surface area contributed by atoms with Gasteiger partial charge in [-0.3, -0.25) is 4.79 Å². The summed E-state index contributed by atoms with van der Waals surface area (Å²) in [6.07, 6.45) is -2.88. The van der Waals surface area contributed by atoms with E-state index in [0.717, 1.165) is 6.07 Å². The van der Waals surface area contributed by atoms with Gasteiger partial charge in [0.1, 0.15) is 0 Å². The number of carbonyl (C=O) groups is 1. The van der Waals surface area contributed by atoms with Gasteiger partial charge in [-0.15, -0.1) is 0 Å². The maximum absolute atomic E-state index is 13.3. The zero-order valence-electron chi connectivity index (χ0n) is 15.6. The van der Waals surface area contributed by atoms with Crippen LogP contribution in [0.5, 0.6) is 0 Å². The van der Waals surface area contributed by atoms with E-state index in [0.29, 0.717) is 38.0 Å². The van der Waals surface area contributed by atoms with Gasteiger partial charge in [0, 0.05) is 25.1 Å². The number of benzene rings is 2. The number of alkyl halides is 3. The molecule has 150 valence electrons. The summed E-state index contributed by atoms with van der Waals surface area (Å²) >= 11 is 0. The highest BCUT2D eigenvalue weighted by Gasteiger charge is 2.42. The number of ketones is 1. The average Bonchev–Trinajstić information content (AvgIpc) is 2.69. The number of Topliss-reactive ketones (excluding diaryl/α,β-unsaturated/α-hetero) is 1. The van der Waals surface area contributed by atoms with Gasteiger partial charge in [0.15, 0.2) is 5.78 Å². The third-order valence-electron chi connectivity index (χ3n) is 5.39. The lowest BCUT2D eigenvalue weighted by atomic mass is 9.81. The molecule has 0 amide bonds. The minimum atomic E-state index is -4.48. The molecule has 0 unspecified atom stereocenters. The van der Waals surface area contributed by atoms with E-state index in [4.69, 9.17) is 0 Å². The van der Waals surface area contributed by atoms with Crippen LogP contribution in [0.25, 0.3) is 0 Å². The van der Waals surface area contributed by atoms with Gasteiger partial charge >= 0.3 is 6.18 Å². The van der Waals surface area contributed by atoms with Crippen LogP contribution < -0.4 is 0 Å². The topological polar surface area (TPSA) is 40.5 Å². The maximum atomic E-state index is 13.3. The van der Waals surface area contributed by atoms with Crippen LogP contribution in [0.1, 0.15) is 47.2 Å². The Bertz CT molecular complexity index is 797. The van der Waals surface area contributed by atoms with Gasteiger partial charge in [-0.05, 0) is 37.4 Å². The molecule has 3 rings (SSSR count). The molecular formula is C22H24F3NO2. The number of piperidine rings is 1. The summed E-state index contributed by atoms with van der Waals surface area (Å²) < 4.78 is 39.8. The normalized spacial score (nSPS) is 17.4. The number of likely N-dealkylation sites (tertiary alicyclic amines) is 1. The Morgan fingerprint density at radius 3 is 2.25 bits per heavy atom. The van der Waals surface area contributed by atoms with Crippen LogP contribution in [-0.4, -0.2) is 35.4 Å². The highest BCUT2D eigenvalue weighted by molar-refractivity contribution is 5.95. The number of carbonyl (C=O) groups excluding carboxylic acids is 1. The lowest BCUT2D eigenvalue weighted by Crippen LogP contribution is -2.43. The summed E-state index contributed by atoms with van der Waals surface area (Å²) in [5.74, 6) is 0.0909. The molecule has 2 aromatic rings. The Morgan fingerprint density at radius 2 is 1.61 bits per heavy atom. The molecule has 1 aliphatic heterocycles. The van der Waals surface area contributed by atoms with Crippen LogP contribution in [0.4, 0.5) is 13.2 Å². The van der Waals surface area contributed by atoms with E-state index in [9.17, 15) is 23.1 Å². The van der Waals surface area contributed by atoms with Crippen molar-refractivity contribution in [3.63, 3.8) is 0 Å². The second-order valence-corrected chi connectivity index (χ2v) is 7.31. The molecule has 1 N–H and O–H groups in total. The van der Waals surface area contributed by atoms with Crippen LogP contribution in [0.15, 0.2) is 54.6 Å². The number of nitrogens with zero attached hydrogens (tertiary/aromatic N) is 1. The lowest BCUT2D eigenvalue weighted by molar-refractivity contribution is -0.141. The molecule has 1 heterocycles. The maximum Gasteiger partial charge on any atom is 0.416 e. The van der Waals surface area contributed by atoms with E-state index in [1.807, 2.05) is 18.2 Å². The van der Waals surface area contributed by atoms with E-state index >= 15 is 0 Å². The van der Waals surface area contributed by atoms with Crippen molar-refractivity contribution < 1.29 is 23.1 Å². The molecule has 0 radical (unpaired) electrons. The van der Waals surface area contributed by atoms with Gasteiger partial charge in [-0.2, -0.15) is 13.2 Å². The number of halogens is 3. The third-order valence-corrected chi connectivity index (χ3v) is 5.39. The molecule has 3 nitrogen and oxygen atoms in total. The first kappa shape index (κ1) is 20.6. The van der Waals surface area contributed by atoms with E-state index in [1.165, 1.54) is 18.2 Å². The smallest absolute Gasteiger partial charge is 0.385 e. The standard InChI is InChI=1S/C22H24F3NO2/c23-22(24,25)19-10-5-4-9-18(19)21(28)12-15-26(16-13-21)14-6-11-20(27)17-7-2-1-3-8-17/h1-5,7-10,28H,6,11-16H2. The Hall–Kier alpha value is -2.18. The first-order chi connectivity index (χ1) is 13.3. The van der Waals surface area contributed by atoms with Crippen LogP contribution in [0, 0.1) is 0 Å². The SMILES string of the molecule is O=C(CCCN1CCC(O)(c2ccccc2C(F)(F)F)CC1)c1ccccc1. The van der Waals surface area contributed by atoms with E-state index in [1.54, 1.807) is 12.1 Å². The molecule has 0 atom stereocenters. The molecule has 1 aliphatic rings. The second-order valence-electron chi connectivity index (χ2n) is 7.31. The Kier molecular flexibility index (Phi) is 6.20. The molecule has 0 spiro atoms. The Labute approximate surface area is 162 Å². The van der Waals surface area contributed by atoms with Crippen molar-refractivity contribution in [2.75, 3.05) is 19.6 Å². The summed E-state index contributed by atoms with van der Waals surface area (Å²) in [5.41, 5.74) is -1.58. The fourth-order valence-electron chi connectivity index (χ4n) is 3.78.